The minimum absolute atomic E-state index is 0.618. The second kappa shape index (κ2) is 8.52. The summed E-state index contributed by atoms with van der Waals surface area (Å²) in [5, 5.41) is 3.41. The molecule has 2 fully saturated rings. The van der Waals surface area contributed by atoms with E-state index in [0.717, 1.165) is 49.3 Å². The first-order valence-electron chi connectivity index (χ1n) is 9.86. The summed E-state index contributed by atoms with van der Waals surface area (Å²) >= 11 is 0. The van der Waals surface area contributed by atoms with Gasteiger partial charge in [-0.2, -0.15) is 9.97 Å². The minimum atomic E-state index is 0.618. The summed E-state index contributed by atoms with van der Waals surface area (Å²) in [6, 6.07) is 7.98. The monoisotopic (exact) mass is 384 g/mol. The Balaban J connectivity index is 1.58. The molecule has 8 heteroatoms. The Morgan fingerprint density at radius 1 is 1.04 bits per heavy atom. The van der Waals surface area contributed by atoms with Crippen LogP contribution in [0, 0.1) is 0 Å². The maximum absolute atomic E-state index is 6.48. The normalized spacial score (nSPS) is 17.0. The van der Waals surface area contributed by atoms with Gasteiger partial charge in [0.05, 0.1) is 20.3 Å². The van der Waals surface area contributed by atoms with Crippen LogP contribution in [0.25, 0.3) is 0 Å². The van der Waals surface area contributed by atoms with Gasteiger partial charge in [0.2, 0.25) is 5.95 Å². The highest BCUT2D eigenvalue weighted by Gasteiger charge is 2.23. The van der Waals surface area contributed by atoms with Crippen LogP contribution in [0.15, 0.2) is 24.3 Å². The number of nitrogens with one attached hydrogen (secondary N) is 1. The van der Waals surface area contributed by atoms with Crippen molar-refractivity contribution in [2.45, 2.75) is 19.4 Å². The lowest BCUT2D eigenvalue weighted by Gasteiger charge is -2.29. The molecule has 0 amide bonds. The van der Waals surface area contributed by atoms with Crippen molar-refractivity contribution in [3.63, 3.8) is 0 Å². The summed E-state index contributed by atoms with van der Waals surface area (Å²) in [4.78, 5) is 14.0. The smallest absolute Gasteiger partial charge is 0.229 e. The summed E-state index contributed by atoms with van der Waals surface area (Å²) in [7, 11) is 1.67. The van der Waals surface area contributed by atoms with E-state index in [2.05, 4.69) is 15.1 Å². The molecule has 0 spiro atoms. The Bertz CT molecular complexity index is 786. The van der Waals surface area contributed by atoms with E-state index in [1.807, 2.05) is 24.3 Å². The predicted molar refractivity (Wildman–Crippen MR) is 111 cm³/mol. The van der Waals surface area contributed by atoms with Crippen molar-refractivity contribution in [1.29, 1.82) is 0 Å². The van der Waals surface area contributed by atoms with Gasteiger partial charge in [0.25, 0.3) is 0 Å². The van der Waals surface area contributed by atoms with Gasteiger partial charge in [-0.15, -0.1) is 0 Å². The average molecular weight is 384 g/mol. The van der Waals surface area contributed by atoms with Crippen molar-refractivity contribution in [3.8, 4) is 5.75 Å². The molecule has 150 valence electrons. The molecule has 8 nitrogen and oxygen atoms in total. The zero-order chi connectivity index (χ0) is 19.3. The summed E-state index contributed by atoms with van der Waals surface area (Å²) in [6.45, 7) is 5.59. The second-order valence-corrected chi connectivity index (χ2v) is 7.10. The molecular weight excluding hydrogens is 356 g/mol. The molecule has 3 N–H and O–H groups in total. The number of aromatic nitrogens is 2. The molecule has 2 aromatic rings. The average Bonchev–Trinajstić information content (AvgIpc) is 3.29. The molecule has 1 aromatic heterocycles. The molecule has 2 saturated heterocycles. The van der Waals surface area contributed by atoms with Crippen LogP contribution in [0.2, 0.25) is 0 Å². The molecule has 28 heavy (non-hydrogen) atoms. The molecule has 0 saturated carbocycles. The van der Waals surface area contributed by atoms with Crippen LogP contribution < -0.4 is 25.6 Å². The third-order valence-electron chi connectivity index (χ3n) is 5.23. The van der Waals surface area contributed by atoms with E-state index in [0.29, 0.717) is 31.3 Å². The summed E-state index contributed by atoms with van der Waals surface area (Å²) in [6.07, 6.45) is 2.34. The number of benzene rings is 1. The maximum Gasteiger partial charge on any atom is 0.229 e. The van der Waals surface area contributed by atoms with Crippen LogP contribution in [-0.2, 0) is 11.3 Å². The number of morpholine rings is 1. The molecule has 0 aliphatic carbocycles. The zero-order valence-corrected chi connectivity index (χ0v) is 16.4. The Hall–Kier alpha value is -2.74. The van der Waals surface area contributed by atoms with Crippen LogP contribution in [0.3, 0.4) is 0 Å². The number of nitrogens with two attached hydrogens (primary N) is 1. The first-order chi connectivity index (χ1) is 13.7. The Morgan fingerprint density at radius 2 is 1.75 bits per heavy atom. The molecule has 2 aliphatic heterocycles. The highest BCUT2D eigenvalue weighted by Crippen LogP contribution is 2.32. The number of rotatable bonds is 6. The third kappa shape index (κ3) is 4.06. The summed E-state index contributed by atoms with van der Waals surface area (Å²) < 4.78 is 10.7. The lowest BCUT2D eigenvalue weighted by Crippen LogP contribution is -2.38. The molecule has 2 aliphatic rings. The summed E-state index contributed by atoms with van der Waals surface area (Å²) in [5.41, 5.74) is 8.23. The number of hydrogen-bond acceptors (Lipinski definition) is 8. The van der Waals surface area contributed by atoms with Gasteiger partial charge in [0.15, 0.2) is 11.6 Å². The van der Waals surface area contributed by atoms with Gasteiger partial charge in [0.1, 0.15) is 11.4 Å². The fourth-order valence-electron chi connectivity index (χ4n) is 3.58. The number of methoxy groups -OCH3 is 1. The van der Waals surface area contributed by atoms with Gasteiger partial charge in [-0.25, -0.2) is 0 Å². The molecule has 4 rings (SSSR count). The SMILES string of the molecule is COc1ccc(CNc2nc(N3CCOCC3)nc(N3CCCC3)c2N)cc1. The van der Waals surface area contributed by atoms with E-state index < -0.39 is 0 Å². The molecule has 0 atom stereocenters. The van der Waals surface area contributed by atoms with Gasteiger partial charge in [0, 0.05) is 32.7 Å². The van der Waals surface area contributed by atoms with Crippen LogP contribution in [0.4, 0.5) is 23.3 Å². The van der Waals surface area contributed by atoms with Crippen molar-refractivity contribution in [3.05, 3.63) is 29.8 Å². The summed E-state index contributed by atoms with van der Waals surface area (Å²) in [5.74, 6) is 3.09. The van der Waals surface area contributed by atoms with E-state index >= 15 is 0 Å². The highest BCUT2D eigenvalue weighted by atomic mass is 16.5. The van der Waals surface area contributed by atoms with Gasteiger partial charge in [-0.1, -0.05) is 12.1 Å². The predicted octanol–water partition coefficient (Wildman–Crippen LogP) is 2.12. The first kappa shape index (κ1) is 18.6. The Kier molecular flexibility index (Phi) is 5.66. The van der Waals surface area contributed by atoms with Crippen molar-refractivity contribution in [1.82, 2.24) is 9.97 Å². The molecule has 1 aromatic carbocycles. The Morgan fingerprint density at radius 3 is 2.43 bits per heavy atom. The highest BCUT2D eigenvalue weighted by molar-refractivity contribution is 5.77. The van der Waals surface area contributed by atoms with E-state index in [1.54, 1.807) is 7.11 Å². The number of hydrogen-bond donors (Lipinski definition) is 2. The number of ether oxygens (including phenoxy) is 2. The second-order valence-electron chi connectivity index (χ2n) is 7.10. The molecule has 0 unspecified atom stereocenters. The fourth-order valence-corrected chi connectivity index (χ4v) is 3.58. The maximum atomic E-state index is 6.48. The van der Waals surface area contributed by atoms with Gasteiger partial charge >= 0.3 is 0 Å². The number of anilines is 4. The fraction of sp³-hybridized carbons (Fsp3) is 0.500. The van der Waals surface area contributed by atoms with Crippen molar-refractivity contribution >= 4 is 23.3 Å². The van der Waals surface area contributed by atoms with Gasteiger partial charge in [-0.05, 0) is 30.5 Å². The number of nitrogens with zero attached hydrogens (tertiary/aromatic N) is 4. The molecule has 0 bridgehead atoms. The van der Waals surface area contributed by atoms with Crippen molar-refractivity contribution in [2.24, 2.45) is 0 Å². The van der Waals surface area contributed by atoms with Crippen molar-refractivity contribution < 1.29 is 9.47 Å². The first-order valence-corrected chi connectivity index (χ1v) is 9.86. The lowest BCUT2D eigenvalue weighted by atomic mass is 10.2. The quantitative estimate of drug-likeness (QED) is 0.783. The van der Waals surface area contributed by atoms with Crippen LogP contribution in [-0.4, -0.2) is 56.5 Å². The lowest BCUT2D eigenvalue weighted by molar-refractivity contribution is 0.122. The standard InChI is InChI=1S/C20H28N6O2/c1-27-16-6-4-15(5-7-16)14-22-18-17(21)19(25-8-2-3-9-25)24-20(23-18)26-10-12-28-13-11-26/h4-7H,2-3,8-14,21H2,1H3,(H,22,23,24). The van der Waals surface area contributed by atoms with Crippen molar-refractivity contribution in [2.75, 3.05) is 67.4 Å². The van der Waals surface area contributed by atoms with E-state index in [1.165, 1.54) is 12.8 Å². The minimum Gasteiger partial charge on any atom is -0.497 e. The van der Waals surface area contributed by atoms with Gasteiger partial charge in [-0.3, -0.25) is 0 Å². The Labute approximate surface area is 165 Å². The largest absolute Gasteiger partial charge is 0.497 e. The number of nitrogen functional groups attached to an aromatic ring is 1. The van der Waals surface area contributed by atoms with Crippen LogP contribution in [0.1, 0.15) is 18.4 Å². The van der Waals surface area contributed by atoms with Crippen LogP contribution >= 0.6 is 0 Å². The molecular formula is C20H28N6O2. The van der Waals surface area contributed by atoms with E-state index in [9.17, 15) is 0 Å². The molecule has 0 radical (unpaired) electrons. The third-order valence-corrected chi connectivity index (χ3v) is 5.23. The van der Waals surface area contributed by atoms with E-state index in [-0.39, 0.29) is 0 Å². The van der Waals surface area contributed by atoms with Crippen LogP contribution in [0.5, 0.6) is 5.75 Å². The van der Waals surface area contributed by atoms with Gasteiger partial charge < -0.3 is 30.3 Å². The molecule has 3 heterocycles. The van der Waals surface area contributed by atoms with E-state index in [4.69, 9.17) is 25.2 Å². The topological polar surface area (TPSA) is 88.8 Å². The zero-order valence-electron chi connectivity index (χ0n) is 16.4.